The van der Waals surface area contributed by atoms with Crippen LogP contribution in [0.5, 0.6) is 5.75 Å². The molecule has 1 aromatic heterocycles. The van der Waals surface area contributed by atoms with Crippen LogP contribution in [0.15, 0.2) is 18.3 Å². The Balaban J connectivity index is 1.92. The van der Waals surface area contributed by atoms with E-state index in [9.17, 15) is 0 Å². The lowest BCUT2D eigenvalue weighted by Crippen LogP contribution is -2.09. The lowest BCUT2D eigenvalue weighted by Gasteiger charge is -2.09. The van der Waals surface area contributed by atoms with E-state index in [2.05, 4.69) is 10.3 Å². The van der Waals surface area contributed by atoms with Crippen molar-refractivity contribution in [2.24, 2.45) is 5.73 Å². The van der Waals surface area contributed by atoms with E-state index < -0.39 is 0 Å². The number of hydrogen-bond acceptors (Lipinski definition) is 4. The average Bonchev–Trinajstić information content (AvgIpc) is 2.84. The number of aromatic nitrogens is 3. The van der Waals surface area contributed by atoms with Crippen LogP contribution in [0.1, 0.15) is 16.8 Å². The van der Waals surface area contributed by atoms with Gasteiger partial charge in [-0.2, -0.15) is 0 Å². The fourth-order valence-electron chi connectivity index (χ4n) is 1.79. The van der Waals surface area contributed by atoms with Gasteiger partial charge < -0.3 is 10.5 Å². The van der Waals surface area contributed by atoms with Gasteiger partial charge in [0.05, 0.1) is 12.2 Å². The molecule has 0 saturated carbocycles. The average molecular weight is 281 g/mol. The summed E-state index contributed by atoms with van der Waals surface area (Å²) in [6.45, 7) is 5.48. The highest BCUT2D eigenvalue weighted by molar-refractivity contribution is 6.32. The van der Waals surface area contributed by atoms with Crippen LogP contribution >= 0.6 is 11.6 Å². The quantitative estimate of drug-likeness (QED) is 0.911. The van der Waals surface area contributed by atoms with Crippen molar-refractivity contribution in [1.29, 1.82) is 0 Å². The van der Waals surface area contributed by atoms with Gasteiger partial charge in [0.1, 0.15) is 12.4 Å². The summed E-state index contributed by atoms with van der Waals surface area (Å²) in [5, 5.41) is 8.66. The van der Waals surface area contributed by atoms with Crippen molar-refractivity contribution in [3.05, 3.63) is 40.2 Å². The van der Waals surface area contributed by atoms with Gasteiger partial charge in [0.2, 0.25) is 0 Å². The summed E-state index contributed by atoms with van der Waals surface area (Å²) in [5.74, 6) is 0.818. The van der Waals surface area contributed by atoms with Gasteiger partial charge in [-0.25, -0.2) is 4.68 Å². The van der Waals surface area contributed by atoms with Gasteiger partial charge in [-0.15, -0.1) is 5.10 Å². The van der Waals surface area contributed by atoms with Crippen molar-refractivity contribution in [1.82, 2.24) is 15.0 Å². The van der Waals surface area contributed by atoms with E-state index in [1.165, 1.54) is 0 Å². The molecule has 19 heavy (non-hydrogen) atoms. The van der Waals surface area contributed by atoms with Crippen molar-refractivity contribution in [2.75, 3.05) is 6.61 Å². The van der Waals surface area contributed by atoms with E-state index in [0.717, 1.165) is 27.6 Å². The second-order valence-corrected chi connectivity index (χ2v) is 4.77. The molecule has 0 aliphatic heterocycles. The summed E-state index contributed by atoms with van der Waals surface area (Å²) >= 11 is 6.11. The van der Waals surface area contributed by atoms with Crippen LogP contribution in [0.2, 0.25) is 5.02 Å². The predicted molar refractivity (Wildman–Crippen MR) is 74.3 cm³/mol. The Labute approximate surface area is 117 Å². The Morgan fingerprint density at radius 1 is 1.32 bits per heavy atom. The molecule has 0 unspecified atom stereocenters. The maximum Gasteiger partial charge on any atom is 0.120 e. The van der Waals surface area contributed by atoms with Gasteiger partial charge >= 0.3 is 0 Å². The zero-order chi connectivity index (χ0) is 13.8. The lowest BCUT2D eigenvalue weighted by molar-refractivity contribution is 0.289. The summed E-state index contributed by atoms with van der Waals surface area (Å²) in [6, 6.07) is 3.87. The SMILES string of the molecule is Cc1cc(OCCn2cc(CN)nn2)cc(C)c1Cl. The molecule has 2 aromatic rings. The molecule has 0 atom stereocenters. The monoisotopic (exact) mass is 280 g/mol. The van der Waals surface area contributed by atoms with E-state index in [0.29, 0.717) is 19.7 Å². The summed E-state index contributed by atoms with van der Waals surface area (Å²) < 4.78 is 7.41. The predicted octanol–water partition coefficient (Wildman–Crippen LogP) is 2.09. The minimum atomic E-state index is 0.399. The fraction of sp³-hybridized carbons (Fsp3) is 0.385. The zero-order valence-electron chi connectivity index (χ0n) is 11.1. The van der Waals surface area contributed by atoms with Crippen molar-refractivity contribution in [2.45, 2.75) is 26.9 Å². The Bertz CT molecular complexity index is 545. The first kappa shape index (κ1) is 13.8. The Kier molecular flexibility index (Phi) is 4.39. The molecule has 0 spiro atoms. The van der Waals surface area contributed by atoms with Gasteiger partial charge in [0.25, 0.3) is 0 Å². The second kappa shape index (κ2) is 6.04. The molecule has 0 radical (unpaired) electrons. The third-order valence-electron chi connectivity index (χ3n) is 2.79. The highest BCUT2D eigenvalue weighted by atomic mass is 35.5. The maximum atomic E-state index is 6.11. The molecule has 102 valence electrons. The summed E-state index contributed by atoms with van der Waals surface area (Å²) in [6.07, 6.45) is 1.82. The van der Waals surface area contributed by atoms with Gasteiger partial charge in [-0.3, -0.25) is 0 Å². The zero-order valence-corrected chi connectivity index (χ0v) is 11.8. The molecule has 0 aliphatic rings. The molecule has 0 bridgehead atoms. The van der Waals surface area contributed by atoms with E-state index in [1.807, 2.05) is 32.2 Å². The molecule has 6 heteroatoms. The van der Waals surface area contributed by atoms with E-state index in [-0.39, 0.29) is 0 Å². The first-order chi connectivity index (χ1) is 9.10. The number of halogens is 1. The van der Waals surface area contributed by atoms with Crippen LogP contribution in [0.25, 0.3) is 0 Å². The molecule has 5 nitrogen and oxygen atoms in total. The Hall–Kier alpha value is -1.59. The first-order valence-corrected chi connectivity index (χ1v) is 6.46. The minimum Gasteiger partial charge on any atom is -0.492 e. The third kappa shape index (κ3) is 3.45. The van der Waals surface area contributed by atoms with Crippen LogP contribution in [0, 0.1) is 13.8 Å². The largest absolute Gasteiger partial charge is 0.492 e. The number of ether oxygens (including phenoxy) is 1. The van der Waals surface area contributed by atoms with Crippen molar-refractivity contribution in [3.63, 3.8) is 0 Å². The van der Waals surface area contributed by atoms with Gasteiger partial charge in [-0.1, -0.05) is 16.8 Å². The van der Waals surface area contributed by atoms with E-state index >= 15 is 0 Å². The van der Waals surface area contributed by atoms with Crippen LogP contribution in [0.3, 0.4) is 0 Å². The van der Waals surface area contributed by atoms with Crippen LogP contribution in [0.4, 0.5) is 0 Å². The molecule has 0 aliphatic carbocycles. The van der Waals surface area contributed by atoms with Gasteiger partial charge in [0, 0.05) is 17.8 Å². The number of hydrogen-bond donors (Lipinski definition) is 1. The molecule has 1 heterocycles. The lowest BCUT2D eigenvalue weighted by atomic mass is 10.1. The maximum absolute atomic E-state index is 6.11. The van der Waals surface area contributed by atoms with E-state index in [4.69, 9.17) is 22.1 Å². The summed E-state index contributed by atoms with van der Waals surface area (Å²) in [7, 11) is 0. The number of aryl methyl sites for hydroxylation is 2. The topological polar surface area (TPSA) is 66.0 Å². The number of rotatable bonds is 5. The highest BCUT2D eigenvalue weighted by Gasteiger charge is 2.04. The fourth-order valence-corrected chi connectivity index (χ4v) is 1.90. The molecule has 0 saturated heterocycles. The molecule has 1 aromatic carbocycles. The van der Waals surface area contributed by atoms with Crippen molar-refractivity contribution < 1.29 is 4.74 Å². The number of nitrogens with two attached hydrogens (primary N) is 1. The Morgan fingerprint density at radius 2 is 2.00 bits per heavy atom. The van der Waals surface area contributed by atoms with Crippen molar-refractivity contribution >= 4 is 11.6 Å². The molecule has 2 N–H and O–H groups in total. The molecule has 2 rings (SSSR count). The Morgan fingerprint density at radius 3 is 2.58 bits per heavy atom. The molecule has 0 amide bonds. The normalized spacial score (nSPS) is 10.7. The standard InChI is InChI=1S/C13H17ClN4O/c1-9-5-12(6-10(2)13(9)14)19-4-3-18-8-11(7-15)16-17-18/h5-6,8H,3-4,7,15H2,1-2H3. The smallest absolute Gasteiger partial charge is 0.120 e. The first-order valence-electron chi connectivity index (χ1n) is 6.08. The van der Waals surface area contributed by atoms with Crippen LogP contribution in [-0.4, -0.2) is 21.6 Å². The molecular formula is C13H17ClN4O. The van der Waals surface area contributed by atoms with Crippen LogP contribution in [-0.2, 0) is 13.1 Å². The van der Waals surface area contributed by atoms with Gasteiger partial charge in [-0.05, 0) is 37.1 Å². The summed E-state index contributed by atoms with van der Waals surface area (Å²) in [5.41, 5.74) is 8.28. The van der Waals surface area contributed by atoms with E-state index in [1.54, 1.807) is 4.68 Å². The molecule has 0 fully saturated rings. The highest BCUT2D eigenvalue weighted by Crippen LogP contribution is 2.25. The number of nitrogens with zero attached hydrogens (tertiary/aromatic N) is 3. The van der Waals surface area contributed by atoms with Gasteiger partial charge in [0.15, 0.2) is 0 Å². The third-order valence-corrected chi connectivity index (χ3v) is 3.39. The molecular weight excluding hydrogens is 264 g/mol. The number of benzene rings is 1. The van der Waals surface area contributed by atoms with Crippen molar-refractivity contribution in [3.8, 4) is 5.75 Å². The second-order valence-electron chi connectivity index (χ2n) is 4.40. The summed E-state index contributed by atoms with van der Waals surface area (Å²) in [4.78, 5) is 0. The van der Waals surface area contributed by atoms with Crippen LogP contribution < -0.4 is 10.5 Å². The minimum absolute atomic E-state index is 0.399.